The Labute approximate surface area is 239 Å². The summed E-state index contributed by atoms with van der Waals surface area (Å²) >= 11 is 2.50. The van der Waals surface area contributed by atoms with E-state index < -0.39 is 5.25 Å². The molecule has 6 nitrogen and oxygen atoms in total. The minimum absolute atomic E-state index is 0.271. The number of ether oxygens (including phenoxy) is 1. The number of hydrogen-bond acceptors (Lipinski definition) is 7. The van der Waals surface area contributed by atoms with Crippen LogP contribution in [0.2, 0.25) is 0 Å². The zero-order valence-corrected chi connectivity index (χ0v) is 23.2. The number of rotatable bonds is 8. The molecule has 9 heteroatoms. The van der Waals surface area contributed by atoms with Crippen molar-refractivity contribution in [3.05, 3.63) is 102 Å². The summed E-state index contributed by atoms with van der Waals surface area (Å²) in [6, 6.07) is 27.4. The highest BCUT2D eigenvalue weighted by atomic mass is 32.2. The molecule has 0 fully saturated rings. The van der Waals surface area contributed by atoms with E-state index in [4.69, 9.17) is 9.72 Å². The Hall–Kier alpha value is -4.52. The first-order chi connectivity index (χ1) is 19.4. The molecule has 2 aromatic heterocycles. The van der Waals surface area contributed by atoms with Crippen LogP contribution in [0.25, 0.3) is 33.6 Å². The Morgan fingerprint density at radius 2 is 1.65 bits per heavy atom. The van der Waals surface area contributed by atoms with Crippen LogP contribution in [-0.4, -0.2) is 28.2 Å². The maximum Gasteiger partial charge on any atom is 0.239 e. The average molecular weight is 567 g/mol. The summed E-state index contributed by atoms with van der Waals surface area (Å²) in [4.78, 5) is 22.4. The van der Waals surface area contributed by atoms with E-state index in [1.807, 2.05) is 60.7 Å². The summed E-state index contributed by atoms with van der Waals surface area (Å²) in [5, 5.41) is 15.2. The van der Waals surface area contributed by atoms with E-state index in [-0.39, 0.29) is 11.7 Å². The number of carbonyl (C=O) groups is 1. The van der Waals surface area contributed by atoms with Crippen LogP contribution in [0, 0.1) is 17.1 Å². The molecule has 1 atom stereocenters. The highest BCUT2D eigenvalue weighted by Crippen LogP contribution is 2.36. The predicted molar refractivity (Wildman–Crippen MR) is 158 cm³/mol. The first kappa shape index (κ1) is 27.1. The number of carbonyl (C=O) groups excluding carboxylic acids is 1. The number of methoxy groups -OCH3 is 1. The SMILES string of the molecule is COc1ccc(-c2cc(-c3ccccc3)nc(SC(C)C(=O)Nc3nc(-c4ccc(F)cc4)cs3)c2C#N)cc1. The number of halogens is 1. The molecule has 5 aromatic rings. The number of nitrogens with zero attached hydrogens (tertiary/aromatic N) is 3. The summed E-state index contributed by atoms with van der Waals surface area (Å²) in [5.41, 5.74) is 4.95. The first-order valence-electron chi connectivity index (χ1n) is 12.3. The van der Waals surface area contributed by atoms with Crippen molar-refractivity contribution in [1.29, 1.82) is 5.26 Å². The van der Waals surface area contributed by atoms with Gasteiger partial charge in [-0.3, -0.25) is 4.79 Å². The summed E-state index contributed by atoms with van der Waals surface area (Å²) < 4.78 is 18.6. The molecule has 0 spiro atoms. The molecule has 0 saturated heterocycles. The minimum Gasteiger partial charge on any atom is -0.497 e. The molecule has 1 unspecified atom stereocenters. The fourth-order valence-corrected chi connectivity index (χ4v) is 5.63. The lowest BCUT2D eigenvalue weighted by molar-refractivity contribution is -0.115. The van der Waals surface area contributed by atoms with Crippen LogP contribution < -0.4 is 10.1 Å². The van der Waals surface area contributed by atoms with Gasteiger partial charge in [0.15, 0.2) is 5.13 Å². The van der Waals surface area contributed by atoms with E-state index in [2.05, 4.69) is 16.4 Å². The largest absolute Gasteiger partial charge is 0.497 e. The maximum absolute atomic E-state index is 13.3. The van der Waals surface area contributed by atoms with E-state index in [0.29, 0.717) is 32.9 Å². The van der Waals surface area contributed by atoms with Crippen LogP contribution in [0.5, 0.6) is 5.75 Å². The second-order valence-electron chi connectivity index (χ2n) is 8.74. The first-order valence-corrected chi connectivity index (χ1v) is 14.0. The van der Waals surface area contributed by atoms with E-state index >= 15 is 0 Å². The Kier molecular flexibility index (Phi) is 8.20. The monoisotopic (exact) mass is 566 g/mol. The van der Waals surface area contributed by atoms with Crippen molar-refractivity contribution in [1.82, 2.24) is 9.97 Å². The molecule has 0 saturated carbocycles. The smallest absolute Gasteiger partial charge is 0.239 e. The van der Waals surface area contributed by atoms with Crippen LogP contribution >= 0.6 is 23.1 Å². The molecular weight excluding hydrogens is 543 g/mol. The van der Waals surface area contributed by atoms with E-state index in [9.17, 15) is 14.4 Å². The number of amides is 1. The standard InChI is InChI=1S/C31H23FN4O2S2/c1-19(29(37)36-31-35-28(18-39-31)22-8-12-23(32)13-9-22)40-30-26(17-33)25(20-10-14-24(38-2)15-11-20)16-27(34-30)21-6-4-3-5-7-21/h3-16,18-19H,1-2H3,(H,35,36,37). The van der Waals surface area contributed by atoms with Crippen molar-refractivity contribution >= 4 is 34.1 Å². The van der Waals surface area contributed by atoms with E-state index in [0.717, 1.165) is 22.3 Å². The number of nitriles is 1. The highest BCUT2D eigenvalue weighted by Gasteiger charge is 2.22. The van der Waals surface area contributed by atoms with Crippen LogP contribution in [-0.2, 0) is 4.79 Å². The van der Waals surface area contributed by atoms with Gasteiger partial charge in [-0.1, -0.05) is 54.2 Å². The van der Waals surface area contributed by atoms with Crippen molar-refractivity contribution < 1.29 is 13.9 Å². The summed E-state index contributed by atoms with van der Waals surface area (Å²) in [6.45, 7) is 1.76. The third-order valence-electron chi connectivity index (χ3n) is 6.10. The van der Waals surface area contributed by atoms with Crippen molar-refractivity contribution in [2.75, 3.05) is 12.4 Å². The number of thioether (sulfide) groups is 1. The van der Waals surface area contributed by atoms with Gasteiger partial charge in [0.2, 0.25) is 5.91 Å². The summed E-state index contributed by atoms with van der Waals surface area (Å²) in [6.07, 6.45) is 0. The quantitative estimate of drug-likeness (QED) is 0.194. The summed E-state index contributed by atoms with van der Waals surface area (Å²) in [7, 11) is 1.60. The van der Waals surface area contributed by atoms with Crippen LogP contribution in [0.1, 0.15) is 12.5 Å². The van der Waals surface area contributed by atoms with Gasteiger partial charge < -0.3 is 10.1 Å². The maximum atomic E-state index is 13.3. The van der Waals surface area contributed by atoms with E-state index in [1.54, 1.807) is 31.5 Å². The second-order valence-corrected chi connectivity index (χ2v) is 10.9. The lowest BCUT2D eigenvalue weighted by Gasteiger charge is -2.15. The number of anilines is 1. The van der Waals surface area contributed by atoms with Crippen LogP contribution in [0.4, 0.5) is 9.52 Å². The van der Waals surface area contributed by atoms with E-state index in [1.165, 1.54) is 35.2 Å². The average Bonchev–Trinajstić information content (AvgIpc) is 3.46. The lowest BCUT2D eigenvalue weighted by atomic mass is 9.99. The van der Waals surface area contributed by atoms with Gasteiger partial charge in [-0.15, -0.1) is 11.3 Å². The number of hydrogen-bond donors (Lipinski definition) is 1. The highest BCUT2D eigenvalue weighted by molar-refractivity contribution is 8.00. The Bertz CT molecular complexity index is 1680. The fourth-order valence-electron chi connectivity index (χ4n) is 3.98. The Morgan fingerprint density at radius 3 is 2.33 bits per heavy atom. The number of aromatic nitrogens is 2. The molecule has 0 aliphatic heterocycles. The Balaban J connectivity index is 1.43. The second kappa shape index (κ2) is 12.1. The number of benzene rings is 3. The van der Waals surface area contributed by atoms with Crippen molar-refractivity contribution in [3.8, 4) is 45.5 Å². The third-order valence-corrected chi connectivity index (χ3v) is 7.94. The molecule has 3 aromatic carbocycles. The molecule has 1 N–H and O–H groups in total. The molecule has 198 valence electrons. The van der Waals surface area contributed by atoms with Gasteiger partial charge in [-0.25, -0.2) is 14.4 Å². The molecule has 0 aliphatic carbocycles. The van der Waals surface area contributed by atoms with Crippen molar-refractivity contribution in [3.63, 3.8) is 0 Å². The molecular formula is C31H23FN4O2S2. The fraction of sp³-hybridized carbons (Fsp3) is 0.0968. The van der Waals surface area contributed by atoms with Gasteiger partial charge >= 0.3 is 0 Å². The lowest BCUT2D eigenvalue weighted by Crippen LogP contribution is -2.22. The number of pyridine rings is 1. The minimum atomic E-state index is -0.576. The molecule has 0 radical (unpaired) electrons. The molecule has 0 aliphatic rings. The molecule has 40 heavy (non-hydrogen) atoms. The van der Waals surface area contributed by atoms with Gasteiger partial charge in [0.1, 0.15) is 22.7 Å². The molecule has 5 rings (SSSR count). The number of thiazole rings is 1. The van der Waals surface area contributed by atoms with Gasteiger partial charge in [0.05, 0.1) is 29.3 Å². The number of nitrogens with one attached hydrogen (secondary N) is 1. The molecule has 1 amide bonds. The predicted octanol–water partition coefficient (Wildman–Crippen LogP) is 7.68. The van der Waals surface area contributed by atoms with Crippen molar-refractivity contribution in [2.24, 2.45) is 0 Å². The molecule has 0 bridgehead atoms. The van der Waals surface area contributed by atoms with Gasteiger partial charge in [0.25, 0.3) is 0 Å². The van der Waals surface area contributed by atoms with Gasteiger partial charge in [-0.2, -0.15) is 5.26 Å². The summed E-state index contributed by atoms with van der Waals surface area (Å²) in [5.74, 6) is 0.117. The van der Waals surface area contributed by atoms with Crippen LogP contribution in [0.15, 0.2) is 95.3 Å². The zero-order chi connectivity index (χ0) is 28.1. The van der Waals surface area contributed by atoms with Crippen LogP contribution in [0.3, 0.4) is 0 Å². The Morgan fingerprint density at radius 1 is 0.975 bits per heavy atom. The molecule has 2 heterocycles. The topological polar surface area (TPSA) is 87.9 Å². The van der Waals surface area contributed by atoms with Crippen molar-refractivity contribution in [2.45, 2.75) is 17.2 Å². The third kappa shape index (κ3) is 6.04. The zero-order valence-electron chi connectivity index (χ0n) is 21.6. The van der Waals surface area contributed by atoms with Gasteiger partial charge in [-0.05, 0) is 55.0 Å². The normalized spacial score (nSPS) is 11.4. The van der Waals surface area contributed by atoms with Gasteiger partial charge in [0, 0.05) is 22.1 Å².